The fourth-order valence-electron chi connectivity index (χ4n) is 2.86. The molecule has 0 fully saturated rings. The topological polar surface area (TPSA) is 112 Å². The maximum atomic E-state index is 10.4. The minimum atomic E-state index is -0.643. The SMILES string of the molecule is CCCCC(CC)C(=O)O.CCCCC(CC)C(=O)O.CCCCC(CC)C(=O)O.C[C](C)(C)[SnH]. The van der Waals surface area contributed by atoms with Crippen LogP contribution in [0.2, 0.25) is 3.43 Å². The summed E-state index contributed by atoms with van der Waals surface area (Å²) in [4.78, 5) is 31.3. The van der Waals surface area contributed by atoms with Gasteiger partial charge in [-0.15, -0.1) is 0 Å². The summed E-state index contributed by atoms with van der Waals surface area (Å²) in [5.74, 6) is -2.26. The third kappa shape index (κ3) is 37.9. The Morgan fingerprint density at radius 3 is 0.829 bits per heavy atom. The number of carbonyl (C=O) groups is 3. The van der Waals surface area contributed by atoms with E-state index in [1.807, 2.05) is 20.8 Å². The van der Waals surface area contributed by atoms with E-state index in [1.54, 1.807) is 0 Å². The Balaban J connectivity index is -0.000000188. The summed E-state index contributed by atoms with van der Waals surface area (Å²) in [5.41, 5.74) is 0. The Kier molecular flexibility index (Phi) is 32.8. The normalized spacial score (nSPS) is 12.9. The minimum absolute atomic E-state index is 0.111. The van der Waals surface area contributed by atoms with Gasteiger partial charge in [0, 0.05) is 0 Å². The average Bonchev–Trinajstić information content (AvgIpc) is 2.74. The van der Waals surface area contributed by atoms with Crippen LogP contribution in [-0.4, -0.2) is 55.8 Å². The van der Waals surface area contributed by atoms with Crippen LogP contribution in [0.3, 0.4) is 0 Å². The van der Waals surface area contributed by atoms with Crippen LogP contribution < -0.4 is 0 Å². The zero-order chi connectivity index (χ0) is 28.4. The molecule has 0 bridgehead atoms. The Morgan fingerprint density at radius 2 is 0.743 bits per heavy atom. The summed E-state index contributed by atoms with van der Waals surface area (Å²) >= 11 is 1.36. The van der Waals surface area contributed by atoms with E-state index in [1.165, 1.54) is 22.5 Å². The number of rotatable bonds is 15. The van der Waals surface area contributed by atoms with Crippen LogP contribution in [0.25, 0.3) is 0 Å². The van der Waals surface area contributed by atoms with Crippen LogP contribution in [0.5, 0.6) is 0 Å². The third-order valence-corrected chi connectivity index (χ3v) is 5.24. The predicted molar refractivity (Wildman–Crippen MR) is 150 cm³/mol. The van der Waals surface area contributed by atoms with E-state index in [4.69, 9.17) is 15.3 Å². The molecule has 0 aliphatic rings. The van der Waals surface area contributed by atoms with E-state index in [-0.39, 0.29) is 17.8 Å². The van der Waals surface area contributed by atoms with Gasteiger partial charge in [0.05, 0.1) is 17.8 Å². The second-order valence-electron chi connectivity index (χ2n) is 10.1. The van der Waals surface area contributed by atoms with Crippen molar-refractivity contribution in [3.63, 3.8) is 0 Å². The number of aliphatic carboxylic acids is 3. The molecule has 3 atom stereocenters. The van der Waals surface area contributed by atoms with Crippen LogP contribution in [-0.2, 0) is 14.4 Å². The quantitative estimate of drug-likeness (QED) is 0.162. The zero-order valence-corrected chi connectivity index (χ0v) is 27.7. The fraction of sp³-hybridized carbons (Fsp3) is 0.893. The number of carboxylic acids is 3. The molecule has 7 heteroatoms. The Bertz CT molecular complexity index is 434. The molecule has 0 heterocycles. The van der Waals surface area contributed by atoms with Crippen LogP contribution in [0, 0.1) is 17.8 Å². The molecule has 0 spiro atoms. The van der Waals surface area contributed by atoms with E-state index in [9.17, 15) is 14.4 Å². The summed E-state index contributed by atoms with van der Waals surface area (Å²) in [5, 5.41) is 25.8. The second kappa shape index (κ2) is 27.8. The monoisotopic (exact) mass is 610 g/mol. The molecule has 3 N–H and O–H groups in total. The van der Waals surface area contributed by atoms with Crippen LogP contribution >= 0.6 is 0 Å². The molecule has 0 aromatic heterocycles. The van der Waals surface area contributed by atoms with Crippen LogP contribution in [0.15, 0.2) is 0 Å². The number of carboxylic acid groups (broad SMARTS) is 3. The fourth-order valence-corrected chi connectivity index (χ4v) is 2.86. The van der Waals surface area contributed by atoms with Gasteiger partial charge in [-0.3, -0.25) is 14.4 Å². The van der Waals surface area contributed by atoms with Crippen molar-refractivity contribution in [1.82, 2.24) is 0 Å². The van der Waals surface area contributed by atoms with Gasteiger partial charge in [-0.05, 0) is 38.5 Å². The summed E-state index contributed by atoms with van der Waals surface area (Å²) in [7, 11) is 0. The van der Waals surface area contributed by atoms with Gasteiger partial charge < -0.3 is 15.3 Å². The zero-order valence-electron chi connectivity index (χ0n) is 24.4. The first-order valence-electron chi connectivity index (χ1n) is 13.6. The number of unbranched alkanes of at least 4 members (excludes halogenated alkanes) is 3. The molecule has 6 nitrogen and oxygen atoms in total. The first-order valence-corrected chi connectivity index (χ1v) is 15.3. The molecule has 0 aliphatic carbocycles. The molecule has 0 aromatic rings. The van der Waals surface area contributed by atoms with Gasteiger partial charge in [0.1, 0.15) is 0 Å². The average molecular weight is 609 g/mol. The molecule has 0 aromatic carbocycles. The van der Waals surface area contributed by atoms with E-state index in [0.717, 1.165) is 77.0 Å². The van der Waals surface area contributed by atoms with Crippen molar-refractivity contribution in [3.05, 3.63) is 0 Å². The molecule has 2 radical (unpaired) electrons. The number of hydrogen-bond donors (Lipinski definition) is 3. The Labute approximate surface area is 230 Å². The van der Waals surface area contributed by atoms with Crippen molar-refractivity contribution in [2.24, 2.45) is 17.8 Å². The standard InChI is InChI=1S/3C8H16O2.C4H9.Sn.H/c3*1-3-5-6-7(4-2)8(9)10;1-4(2)3;;/h3*7H,3-6H2,1-2H3,(H,9,10);1-3H3;;. The molecular formula is C28H58O6Sn. The summed E-state index contributed by atoms with van der Waals surface area (Å²) in [6, 6.07) is 0. The molecule has 0 rings (SSSR count). The van der Waals surface area contributed by atoms with Crippen molar-refractivity contribution in [2.45, 2.75) is 143 Å². The summed E-state index contributed by atoms with van der Waals surface area (Å²) < 4.78 is 0.630. The van der Waals surface area contributed by atoms with Crippen molar-refractivity contribution in [2.75, 3.05) is 0 Å². The van der Waals surface area contributed by atoms with Gasteiger partial charge in [0.25, 0.3) is 0 Å². The van der Waals surface area contributed by atoms with Crippen LogP contribution in [0.1, 0.15) is 139 Å². The van der Waals surface area contributed by atoms with Gasteiger partial charge >= 0.3 is 64.6 Å². The number of hydrogen-bond acceptors (Lipinski definition) is 3. The van der Waals surface area contributed by atoms with Gasteiger partial charge in [-0.25, -0.2) is 0 Å². The molecule has 35 heavy (non-hydrogen) atoms. The van der Waals surface area contributed by atoms with Gasteiger partial charge in [-0.1, -0.05) is 80.1 Å². The van der Waals surface area contributed by atoms with E-state index < -0.39 is 17.9 Å². The van der Waals surface area contributed by atoms with E-state index in [0.29, 0.717) is 3.43 Å². The van der Waals surface area contributed by atoms with E-state index in [2.05, 4.69) is 41.5 Å². The summed E-state index contributed by atoms with van der Waals surface area (Å²) in [6.45, 7) is 18.7. The predicted octanol–water partition coefficient (Wildman–Crippen LogP) is 7.97. The van der Waals surface area contributed by atoms with E-state index >= 15 is 0 Å². The molecule has 0 aliphatic heterocycles. The van der Waals surface area contributed by atoms with Crippen molar-refractivity contribution in [3.8, 4) is 0 Å². The third-order valence-electron chi connectivity index (χ3n) is 5.24. The molecule has 0 amide bonds. The van der Waals surface area contributed by atoms with Crippen LogP contribution in [0.4, 0.5) is 0 Å². The molecule has 0 saturated heterocycles. The maximum absolute atomic E-state index is 10.4. The Morgan fingerprint density at radius 1 is 0.571 bits per heavy atom. The molecule has 3 unspecified atom stereocenters. The first kappa shape index (κ1) is 41.3. The molecule has 0 saturated carbocycles. The van der Waals surface area contributed by atoms with Crippen molar-refractivity contribution in [1.29, 1.82) is 0 Å². The molecule has 210 valence electrons. The van der Waals surface area contributed by atoms with Gasteiger partial charge in [0.2, 0.25) is 0 Å². The van der Waals surface area contributed by atoms with Crippen molar-refractivity contribution >= 4 is 40.4 Å². The molecular weight excluding hydrogens is 551 g/mol. The van der Waals surface area contributed by atoms with Crippen molar-refractivity contribution < 1.29 is 29.7 Å². The Hall–Kier alpha value is -0.791. The second-order valence-corrected chi connectivity index (χ2v) is 15.1. The van der Waals surface area contributed by atoms with Gasteiger partial charge in [0.15, 0.2) is 0 Å². The first-order chi connectivity index (χ1) is 16.2. The van der Waals surface area contributed by atoms with Gasteiger partial charge in [-0.2, -0.15) is 0 Å². The summed E-state index contributed by atoms with van der Waals surface area (Å²) in [6.07, 6.45) is 11.1.